The molecule has 1 fully saturated rings. The minimum atomic E-state index is -4.24. The summed E-state index contributed by atoms with van der Waals surface area (Å²) in [6.07, 6.45) is -4.24. The molecular formula is C12H14F3N. The van der Waals surface area contributed by atoms with Gasteiger partial charge < -0.3 is 5.32 Å². The molecule has 1 heterocycles. The van der Waals surface area contributed by atoms with Crippen molar-refractivity contribution in [1.29, 1.82) is 0 Å². The van der Waals surface area contributed by atoms with Crippen molar-refractivity contribution in [2.75, 3.05) is 13.1 Å². The molecule has 0 amide bonds. The number of benzene rings is 1. The molecule has 0 bridgehead atoms. The lowest BCUT2D eigenvalue weighted by molar-refractivity contribution is -0.137. The van der Waals surface area contributed by atoms with Gasteiger partial charge in [0.1, 0.15) is 0 Å². The first kappa shape index (κ1) is 11.5. The number of alkyl halides is 3. The maximum absolute atomic E-state index is 12.3. The predicted octanol–water partition coefficient (Wildman–Crippen LogP) is 3.03. The Bertz CT molecular complexity index is 352. The Labute approximate surface area is 92.7 Å². The summed E-state index contributed by atoms with van der Waals surface area (Å²) in [5.74, 6) is 0.875. The van der Waals surface area contributed by atoms with Crippen molar-refractivity contribution < 1.29 is 13.2 Å². The molecule has 0 saturated carbocycles. The van der Waals surface area contributed by atoms with Gasteiger partial charge in [-0.2, -0.15) is 13.2 Å². The maximum Gasteiger partial charge on any atom is 0.416 e. The quantitative estimate of drug-likeness (QED) is 0.822. The third-order valence-electron chi connectivity index (χ3n) is 3.28. The van der Waals surface area contributed by atoms with Crippen LogP contribution < -0.4 is 5.32 Å². The first-order valence-electron chi connectivity index (χ1n) is 5.36. The molecule has 0 spiro atoms. The first-order valence-corrected chi connectivity index (χ1v) is 5.36. The summed E-state index contributed by atoms with van der Waals surface area (Å²) in [4.78, 5) is 0. The van der Waals surface area contributed by atoms with Crippen LogP contribution >= 0.6 is 0 Å². The highest BCUT2D eigenvalue weighted by atomic mass is 19.4. The highest BCUT2D eigenvalue weighted by molar-refractivity contribution is 5.27. The molecule has 4 heteroatoms. The van der Waals surface area contributed by atoms with E-state index in [1.54, 1.807) is 12.1 Å². The highest BCUT2D eigenvalue weighted by Gasteiger charge is 2.31. The zero-order valence-electron chi connectivity index (χ0n) is 9.01. The second-order valence-corrected chi connectivity index (χ2v) is 4.33. The van der Waals surface area contributed by atoms with E-state index in [2.05, 4.69) is 12.2 Å². The lowest BCUT2D eigenvalue weighted by Crippen LogP contribution is -2.44. The van der Waals surface area contributed by atoms with Gasteiger partial charge in [-0.15, -0.1) is 0 Å². The van der Waals surface area contributed by atoms with Crippen LogP contribution in [0.3, 0.4) is 0 Å². The van der Waals surface area contributed by atoms with Crippen molar-refractivity contribution in [2.24, 2.45) is 5.92 Å². The van der Waals surface area contributed by atoms with E-state index >= 15 is 0 Å². The van der Waals surface area contributed by atoms with E-state index in [-0.39, 0.29) is 0 Å². The highest BCUT2D eigenvalue weighted by Crippen LogP contribution is 2.32. The van der Waals surface area contributed by atoms with Crippen LogP contribution in [0.1, 0.15) is 24.0 Å². The molecule has 1 aliphatic heterocycles. The molecular weight excluding hydrogens is 215 g/mol. The number of hydrogen-bond donors (Lipinski definition) is 1. The molecule has 1 aromatic carbocycles. The molecule has 16 heavy (non-hydrogen) atoms. The number of hydrogen-bond acceptors (Lipinski definition) is 1. The largest absolute Gasteiger partial charge is 0.416 e. The summed E-state index contributed by atoms with van der Waals surface area (Å²) in [7, 11) is 0. The summed E-state index contributed by atoms with van der Waals surface area (Å²) < 4.78 is 37.0. The van der Waals surface area contributed by atoms with Gasteiger partial charge in [0.25, 0.3) is 0 Å². The van der Waals surface area contributed by atoms with Crippen LogP contribution in [0.4, 0.5) is 13.2 Å². The van der Waals surface area contributed by atoms with Crippen LogP contribution in [0.25, 0.3) is 0 Å². The fourth-order valence-electron chi connectivity index (χ4n) is 1.91. The molecule has 2 rings (SSSR count). The van der Waals surface area contributed by atoms with Crippen LogP contribution in [-0.4, -0.2) is 13.1 Å². The van der Waals surface area contributed by atoms with Crippen LogP contribution in [0, 0.1) is 5.92 Å². The molecule has 1 unspecified atom stereocenters. The average Bonchev–Trinajstić information content (AvgIpc) is 2.14. The maximum atomic E-state index is 12.3. The van der Waals surface area contributed by atoms with E-state index in [4.69, 9.17) is 0 Å². The Kier molecular flexibility index (Phi) is 2.93. The van der Waals surface area contributed by atoms with Crippen molar-refractivity contribution in [3.05, 3.63) is 35.4 Å². The minimum Gasteiger partial charge on any atom is -0.316 e. The van der Waals surface area contributed by atoms with Gasteiger partial charge in [0, 0.05) is 0 Å². The van der Waals surface area contributed by atoms with Gasteiger partial charge in [0.2, 0.25) is 0 Å². The van der Waals surface area contributed by atoms with E-state index in [0.717, 1.165) is 30.8 Å². The van der Waals surface area contributed by atoms with Gasteiger partial charge >= 0.3 is 6.18 Å². The Morgan fingerprint density at radius 3 is 2.12 bits per heavy atom. The zero-order valence-corrected chi connectivity index (χ0v) is 9.01. The summed E-state index contributed by atoms with van der Waals surface area (Å²) in [5, 5.41) is 3.17. The molecule has 1 saturated heterocycles. The second kappa shape index (κ2) is 4.09. The van der Waals surface area contributed by atoms with Gasteiger partial charge in [0.05, 0.1) is 5.56 Å². The van der Waals surface area contributed by atoms with E-state index in [1.807, 2.05) is 0 Å². The third-order valence-corrected chi connectivity index (χ3v) is 3.28. The van der Waals surface area contributed by atoms with E-state index in [0.29, 0.717) is 11.8 Å². The second-order valence-electron chi connectivity index (χ2n) is 4.33. The van der Waals surface area contributed by atoms with Crippen molar-refractivity contribution in [2.45, 2.75) is 19.0 Å². The summed E-state index contributed by atoms with van der Waals surface area (Å²) in [6.45, 7) is 3.98. The topological polar surface area (TPSA) is 12.0 Å². The lowest BCUT2D eigenvalue weighted by atomic mass is 9.83. The Morgan fingerprint density at radius 1 is 1.19 bits per heavy atom. The molecule has 0 aliphatic carbocycles. The molecule has 1 nitrogen and oxygen atoms in total. The van der Waals surface area contributed by atoms with Crippen molar-refractivity contribution in [3.8, 4) is 0 Å². The number of nitrogens with one attached hydrogen (secondary N) is 1. The van der Waals surface area contributed by atoms with Crippen molar-refractivity contribution in [1.82, 2.24) is 5.32 Å². The normalized spacial score (nSPS) is 19.2. The van der Waals surface area contributed by atoms with Crippen molar-refractivity contribution >= 4 is 0 Å². The molecule has 0 aromatic heterocycles. The standard InChI is InChI=1S/C12H14F3N/c1-8(10-6-16-7-10)9-2-4-11(5-3-9)12(13,14)15/h2-5,8,10,16H,6-7H2,1H3. The molecule has 1 atom stereocenters. The summed E-state index contributed by atoms with van der Waals surface area (Å²) >= 11 is 0. The molecule has 1 aromatic rings. The first-order chi connectivity index (χ1) is 7.48. The van der Waals surface area contributed by atoms with Gasteiger partial charge in [-0.1, -0.05) is 19.1 Å². The van der Waals surface area contributed by atoms with Gasteiger partial charge in [-0.25, -0.2) is 0 Å². The minimum absolute atomic E-state index is 0.323. The van der Waals surface area contributed by atoms with E-state index in [1.165, 1.54) is 0 Å². The molecule has 1 aliphatic rings. The van der Waals surface area contributed by atoms with Gasteiger partial charge in [-0.3, -0.25) is 0 Å². The summed E-state index contributed by atoms with van der Waals surface area (Å²) in [5.41, 5.74) is 0.412. The lowest BCUT2D eigenvalue weighted by Gasteiger charge is -2.33. The SMILES string of the molecule is CC(c1ccc(C(F)(F)F)cc1)C1CNC1. The van der Waals surface area contributed by atoms with Crippen LogP contribution in [-0.2, 0) is 6.18 Å². The molecule has 0 radical (unpaired) electrons. The van der Waals surface area contributed by atoms with E-state index < -0.39 is 11.7 Å². The van der Waals surface area contributed by atoms with Gasteiger partial charge in [0.15, 0.2) is 0 Å². The molecule has 1 N–H and O–H groups in total. The number of rotatable bonds is 2. The van der Waals surface area contributed by atoms with Gasteiger partial charge in [-0.05, 0) is 42.6 Å². The number of halogens is 3. The third kappa shape index (κ3) is 2.21. The van der Waals surface area contributed by atoms with Crippen LogP contribution in [0.2, 0.25) is 0 Å². The predicted molar refractivity (Wildman–Crippen MR) is 56.2 cm³/mol. The summed E-state index contributed by atoms with van der Waals surface area (Å²) in [6, 6.07) is 5.51. The van der Waals surface area contributed by atoms with Crippen LogP contribution in [0.15, 0.2) is 24.3 Å². The zero-order chi connectivity index (χ0) is 11.8. The Morgan fingerprint density at radius 2 is 1.75 bits per heavy atom. The Balaban J connectivity index is 2.12. The van der Waals surface area contributed by atoms with Crippen molar-refractivity contribution in [3.63, 3.8) is 0 Å². The van der Waals surface area contributed by atoms with Crippen LogP contribution in [0.5, 0.6) is 0 Å². The smallest absolute Gasteiger partial charge is 0.316 e. The average molecular weight is 229 g/mol. The fraction of sp³-hybridized carbons (Fsp3) is 0.500. The molecule has 88 valence electrons. The monoisotopic (exact) mass is 229 g/mol. The van der Waals surface area contributed by atoms with E-state index in [9.17, 15) is 13.2 Å². The Hall–Kier alpha value is -1.03. The fourth-order valence-corrected chi connectivity index (χ4v) is 1.91.